The molecule has 2 fully saturated rings. The van der Waals surface area contributed by atoms with Crippen LogP contribution in [0.4, 0.5) is 5.82 Å². The number of phosphoric ester groups is 3. The standard InChI is InChI=1S/C21H30N7O17P3.Na/c22-17-12-19(25-7-24-17)28(8-26-12)21-16(43-46(33,34)35)13(30)11(42-21)6-40-47(36,37)45-48(38,39)44-15-10(5-29)41-20(14(15)31)27-3-1-2-9(4-27)18(23)32;/h1,3-4,7-8,10-11,13-16,20-21,29-31H,2,5-6H2,(H2,23,32)(H,36,37)(H,38,39)(H2,22,24,25)(H2,33,34,35);/q;+1/p-1. The molecule has 2 saturated heterocycles. The Labute approximate surface area is 297 Å². The zero-order chi connectivity index (χ0) is 35.2. The fraction of sp³-hybridized carbons (Fsp3) is 0.524. The third-order valence-electron chi connectivity index (χ3n) is 7.11. The molecule has 0 aromatic carbocycles. The van der Waals surface area contributed by atoms with Gasteiger partial charge in [0.25, 0.3) is 7.82 Å². The molecule has 0 aliphatic carbocycles. The van der Waals surface area contributed by atoms with Crippen molar-refractivity contribution in [3.8, 4) is 0 Å². The number of hydrogen-bond donors (Lipinski definition) is 8. The molecule has 3 aliphatic heterocycles. The van der Waals surface area contributed by atoms with E-state index in [0.717, 1.165) is 17.2 Å². The number of anilines is 1. The SMILES string of the molecule is NC(=O)C1=CN(C2OC(CO)C(OP(=O)(O)OP(=O)(O)OCC3OC(n4cnc5c(N)ncnc54)C(OP(=O)([O-])O)C3O)C2O)C=CC1.[Na+]. The summed E-state index contributed by atoms with van der Waals surface area (Å²) in [6, 6.07) is 0. The zero-order valence-corrected chi connectivity index (χ0v) is 29.7. The number of phosphoric acid groups is 3. The van der Waals surface area contributed by atoms with Crippen LogP contribution in [0.15, 0.2) is 36.7 Å². The quantitative estimate of drug-likeness (QED) is 0.0694. The fourth-order valence-electron chi connectivity index (χ4n) is 5.04. The monoisotopic (exact) mass is 767 g/mol. The van der Waals surface area contributed by atoms with Crippen LogP contribution in [0.3, 0.4) is 0 Å². The smallest absolute Gasteiger partial charge is 0.756 e. The van der Waals surface area contributed by atoms with E-state index in [1.165, 1.54) is 23.4 Å². The van der Waals surface area contributed by atoms with Gasteiger partial charge in [-0.05, 0) is 6.42 Å². The predicted octanol–water partition coefficient (Wildman–Crippen LogP) is -6.20. The first-order valence-electron chi connectivity index (χ1n) is 13.5. The molecule has 24 nitrogen and oxygen atoms in total. The first-order valence-corrected chi connectivity index (χ1v) is 18.0. The van der Waals surface area contributed by atoms with Crippen LogP contribution in [0.25, 0.3) is 11.2 Å². The predicted molar refractivity (Wildman–Crippen MR) is 151 cm³/mol. The largest absolute Gasteiger partial charge is 1.00 e. The summed E-state index contributed by atoms with van der Waals surface area (Å²) in [6.45, 7) is -1.98. The van der Waals surface area contributed by atoms with Crippen molar-refractivity contribution in [2.45, 2.75) is 55.5 Å². The molecule has 49 heavy (non-hydrogen) atoms. The minimum Gasteiger partial charge on any atom is -0.756 e. The van der Waals surface area contributed by atoms with Gasteiger partial charge >= 0.3 is 45.2 Å². The van der Waals surface area contributed by atoms with Gasteiger partial charge in [0.2, 0.25) is 5.91 Å². The molecule has 5 heterocycles. The molecule has 2 aromatic heterocycles. The molecule has 0 spiro atoms. The van der Waals surface area contributed by atoms with Gasteiger partial charge in [-0.3, -0.25) is 23.0 Å². The normalized spacial score (nSPS) is 32.2. The molecule has 266 valence electrons. The van der Waals surface area contributed by atoms with Crippen molar-refractivity contribution in [2.75, 3.05) is 18.9 Å². The maximum atomic E-state index is 12.8. The molecular weight excluding hydrogens is 738 g/mol. The van der Waals surface area contributed by atoms with Gasteiger partial charge in [-0.25, -0.2) is 24.1 Å². The van der Waals surface area contributed by atoms with Crippen LogP contribution in [0.2, 0.25) is 0 Å². The number of nitrogens with zero attached hydrogens (tertiary/aromatic N) is 5. The van der Waals surface area contributed by atoms with E-state index in [1.807, 2.05) is 0 Å². The van der Waals surface area contributed by atoms with Gasteiger partial charge in [-0.15, -0.1) is 0 Å². The van der Waals surface area contributed by atoms with Gasteiger partial charge in [0.15, 0.2) is 23.9 Å². The number of aliphatic hydroxyl groups excluding tert-OH is 3. The second-order valence-electron chi connectivity index (χ2n) is 10.4. The molecule has 0 saturated carbocycles. The van der Waals surface area contributed by atoms with Gasteiger partial charge in [0.05, 0.1) is 19.5 Å². The van der Waals surface area contributed by atoms with Crippen molar-refractivity contribution < 1.29 is 110 Å². The van der Waals surface area contributed by atoms with Crippen LogP contribution >= 0.6 is 23.5 Å². The molecule has 5 rings (SSSR count). The maximum absolute atomic E-state index is 12.8. The number of primary amides is 1. The van der Waals surface area contributed by atoms with E-state index in [2.05, 4.69) is 23.8 Å². The van der Waals surface area contributed by atoms with E-state index < -0.39 is 91.7 Å². The number of aromatic nitrogens is 4. The number of nitrogen functional groups attached to an aromatic ring is 1. The van der Waals surface area contributed by atoms with E-state index in [-0.39, 0.29) is 58.5 Å². The molecule has 1 amide bonds. The summed E-state index contributed by atoms with van der Waals surface area (Å²) < 4.78 is 67.6. The summed E-state index contributed by atoms with van der Waals surface area (Å²) in [7, 11) is -16.8. The summed E-state index contributed by atoms with van der Waals surface area (Å²) in [5.74, 6) is -0.839. The van der Waals surface area contributed by atoms with Crippen LogP contribution in [-0.2, 0) is 45.8 Å². The second-order valence-corrected chi connectivity index (χ2v) is 14.5. The zero-order valence-electron chi connectivity index (χ0n) is 25.0. The van der Waals surface area contributed by atoms with E-state index in [1.54, 1.807) is 0 Å². The number of allylic oxidation sites excluding steroid dienone is 1. The Bertz CT molecular complexity index is 1740. The first-order chi connectivity index (χ1) is 22.4. The number of fused-ring (bicyclic) bond motifs is 1. The Hall–Kier alpha value is -1.73. The number of ether oxygens (including phenoxy) is 2. The van der Waals surface area contributed by atoms with Crippen molar-refractivity contribution >= 4 is 46.4 Å². The van der Waals surface area contributed by atoms with E-state index >= 15 is 0 Å². The summed E-state index contributed by atoms with van der Waals surface area (Å²) in [6.07, 6.45) is -7.32. The molecule has 3 aliphatic rings. The summed E-state index contributed by atoms with van der Waals surface area (Å²) in [5.41, 5.74) is 11.2. The molecule has 2 aromatic rings. The first kappa shape index (κ1) is 40.0. The molecule has 28 heteroatoms. The van der Waals surface area contributed by atoms with Crippen LogP contribution in [0.1, 0.15) is 12.6 Å². The molecule has 0 bridgehead atoms. The van der Waals surface area contributed by atoms with Crippen LogP contribution in [0.5, 0.6) is 0 Å². The third-order valence-corrected chi connectivity index (χ3v) is 10.3. The number of carbonyl (C=O) groups excluding carboxylic acids is 1. The third kappa shape index (κ3) is 9.20. The Morgan fingerprint density at radius 1 is 1.02 bits per heavy atom. The van der Waals surface area contributed by atoms with Gasteiger partial charge < -0.3 is 65.3 Å². The van der Waals surface area contributed by atoms with Crippen molar-refractivity contribution in [3.63, 3.8) is 0 Å². The van der Waals surface area contributed by atoms with Gasteiger partial charge in [-0.1, -0.05) is 6.08 Å². The average molecular weight is 767 g/mol. The van der Waals surface area contributed by atoms with Crippen molar-refractivity contribution in [2.24, 2.45) is 5.73 Å². The number of amides is 1. The average Bonchev–Trinajstić information content (AvgIpc) is 3.65. The van der Waals surface area contributed by atoms with Gasteiger partial charge in [0, 0.05) is 18.0 Å². The van der Waals surface area contributed by atoms with Crippen molar-refractivity contribution in [3.05, 3.63) is 36.7 Å². The molecule has 11 atom stereocenters. The van der Waals surface area contributed by atoms with Gasteiger partial charge in [0.1, 0.15) is 48.5 Å². The number of aliphatic hydroxyl groups is 3. The minimum absolute atomic E-state index is 0. The van der Waals surface area contributed by atoms with E-state index in [9.17, 15) is 53.4 Å². The van der Waals surface area contributed by atoms with Gasteiger partial charge in [-0.2, -0.15) is 4.31 Å². The Balaban J connectivity index is 0.00000541. The molecule has 10 N–H and O–H groups in total. The molecule has 0 radical (unpaired) electrons. The van der Waals surface area contributed by atoms with Crippen LogP contribution < -0.4 is 45.9 Å². The van der Waals surface area contributed by atoms with E-state index in [4.69, 9.17) is 30.0 Å². The van der Waals surface area contributed by atoms with Crippen molar-refractivity contribution in [1.82, 2.24) is 24.4 Å². The summed E-state index contributed by atoms with van der Waals surface area (Å²) in [4.78, 5) is 65.8. The Morgan fingerprint density at radius 3 is 2.37 bits per heavy atom. The number of imidazole rings is 1. The summed E-state index contributed by atoms with van der Waals surface area (Å²) >= 11 is 0. The minimum atomic E-state index is -5.64. The van der Waals surface area contributed by atoms with Crippen LogP contribution in [0, 0.1) is 0 Å². The van der Waals surface area contributed by atoms with Crippen molar-refractivity contribution in [1.29, 1.82) is 0 Å². The van der Waals surface area contributed by atoms with Crippen LogP contribution in [-0.4, -0.2) is 116 Å². The fourth-order valence-corrected chi connectivity index (χ4v) is 7.87. The molecule has 11 unspecified atom stereocenters. The molecular formula is C21H29N7NaO17P3. The number of hydrogen-bond acceptors (Lipinski definition) is 19. The summed E-state index contributed by atoms with van der Waals surface area (Å²) in [5, 5.41) is 31.3. The number of nitrogens with two attached hydrogens (primary N) is 2. The topological polar surface area (TPSA) is 367 Å². The second kappa shape index (κ2) is 15.5. The number of rotatable bonds is 13. The Kier molecular flexibility index (Phi) is 12.7. The van der Waals surface area contributed by atoms with E-state index in [0.29, 0.717) is 0 Å². The number of carbonyl (C=O) groups is 1. The maximum Gasteiger partial charge on any atom is 1.00 e. The Morgan fingerprint density at radius 2 is 1.71 bits per heavy atom.